The molecule has 7 heteroatoms. The van der Waals surface area contributed by atoms with Crippen LogP contribution in [-0.4, -0.2) is 27.4 Å². The summed E-state index contributed by atoms with van der Waals surface area (Å²) in [6, 6.07) is 6.75. The van der Waals surface area contributed by atoms with Crippen LogP contribution in [0.4, 0.5) is 11.4 Å². The van der Waals surface area contributed by atoms with E-state index in [1.165, 1.54) is 0 Å². The average molecular weight is 321 g/mol. The molecule has 116 valence electrons. The molecule has 0 aliphatic carbocycles. The number of rotatable bonds is 4. The Morgan fingerprint density at radius 3 is 2.50 bits per heavy atom. The average Bonchev–Trinajstić information content (AvgIpc) is 2.79. The summed E-state index contributed by atoms with van der Waals surface area (Å²) in [7, 11) is 0. The van der Waals surface area contributed by atoms with Gasteiger partial charge in [-0.05, 0) is 32.9 Å². The predicted octanol–water partition coefficient (Wildman–Crippen LogP) is 2.84. The predicted molar refractivity (Wildman–Crippen MR) is 86.4 cm³/mol. The molecule has 2 amide bonds. The maximum Gasteiger partial charge on any atom is 0.257 e. The normalized spacial score (nSPS) is 11.8. The number of hydrogen-bond donors (Lipinski definition) is 3. The molecule has 0 spiro atoms. The minimum atomic E-state index is -0.686. The monoisotopic (exact) mass is 320 g/mol. The van der Waals surface area contributed by atoms with E-state index in [9.17, 15) is 9.59 Å². The van der Waals surface area contributed by atoms with E-state index in [0.29, 0.717) is 22.6 Å². The highest BCUT2D eigenvalue weighted by atomic mass is 35.5. The molecule has 0 saturated heterocycles. The summed E-state index contributed by atoms with van der Waals surface area (Å²) in [5.41, 5.74) is 2.87. The van der Waals surface area contributed by atoms with Crippen molar-refractivity contribution in [3.63, 3.8) is 0 Å². The van der Waals surface area contributed by atoms with Crippen molar-refractivity contribution in [3.05, 3.63) is 41.2 Å². The van der Waals surface area contributed by atoms with Crippen LogP contribution in [0.25, 0.3) is 0 Å². The molecule has 22 heavy (non-hydrogen) atoms. The van der Waals surface area contributed by atoms with Crippen LogP contribution in [0.1, 0.15) is 28.7 Å². The Labute approximate surface area is 133 Å². The number of amides is 2. The minimum absolute atomic E-state index is 0.328. The fourth-order valence-corrected chi connectivity index (χ4v) is 1.99. The van der Waals surface area contributed by atoms with E-state index in [2.05, 4.69) is 20.8 Å². The van der Waals surface area contributed by atoms with Crippen molar-refractivity contribution >= 4 is 34.8 Å². The van der Waals surface area contributed by atoms with Crippen molar-refractivity contribution < 1.29 is 9.59 Å². The number of aromatic nitrogens is 2. The number of alkyl halides is 1. The number of nitrogens with one attached hydrogen (secondary N) is 3. The number of benzene rings is 1. The lowest BCUT2D eigenvalue weighted by atomic mass is 10.1. The van der Waals surface area contributed by atoms with Crippen molar-refractivity contribution in [2.45, 2.75) is 26.1 Å². The SMILES string of the molecule is Cc1n[nH]c(C)c1NC(=O)c1ccccc1NC(=O)[C@@H](C)Cl. The van der Waals surface area contributed by atoms with Crippen LogP contribution in [0.15, 0.2) is 24.3 Å². The number of aryl methyl sites for hydroxylation is 2. The summed E-state index contributed by atoms with van der Waals surface area (Å²) in [4.78, 5) is 24.2. The third-order valence-electron chi connectivity index (χ3n) is 3.16. The van der Waals surface area contributed by atoms with E-state index < -0.39 is 5.38 Å². The van der Waals surface area contributed by atoms with Crippen LogP contribution in [0.3, 0.4) is 0 Å². The topological polar surface area (TPSA) is 86.9 Å². The highest BCUT2D eigenvalue weighted by Gasteiger charge is 2.17. The van der Waals surface area contributed by atoms with E-state index in [4.69, 9.17) is 11.6 Å². The van der Waals surface area contributed by atoms with Crippen LogP contribution in [0.5, 0.6) is 0 Å². The molecular weight excluding hydrogens is 304 g/mol. The maximum absolute atomic E-state index is 12.5. The maximum atomic E-state index is 12.5. The van der Waals surface area contributed by atoms with Crippen LogP contribution in [0, 0.1) is 13.8 Å². The number of carbonyl (C=O) groups excluding carboxylic acids is 2. The van der Waals surface area contributed by atoms with E-state index in [1.807, 2.05) is 6.92 Å². The molecule has 3 N–H and O–H groups in total. The highest BCUT2D eigenvalue weighted by molar-refractivity contribution is 6.32. The Balaban J connectivity index is 2.25. The van der Waals surface area contributed by atoms with Gasteiger partial charge in [-0.1, -0.05) is 12.1 Å². The van der Waals surface area contributed by atoms with E-state index in [0.717, 1.165) is 5.69 Å². The second-order valence-corrected chi connectivity index (χ2v) is 5.57. The van der Waals surface area contributed by atoms with Gasteiger partial charge in [0.15, 0.2) is 0 Å². The van der Waals surface area contributed by atoms with Gasteiger partial charge in [0.05, 0.1) is 28.3 Å². The summed E-state index contributed by atoms with van der Waals surface area (Å²) in [5, 5.41) is 11.6. The number of para-hydroxylation sites is 1. The lowest BCUT2D eigenvalue weighted by Gasteiger charge is -2.12. The Morgan fingerprint density at radius 2 is 1.91 bits per heavy atom. The van der Waals surface area contributed by atoms with E-state index >= 15 is 0 Å². The number of anilines is 2. The van der Waals surface area contributed by atoms with Crippen molar-refractivity contribution in [2.75, 3.05) is 10.6 Å². The summed E-state index contributed by atoms with van der Waals surface area (Å²) < 4.78 is 0. The van der Waals surface area contributed by atoms with Crippen LogP contribution >= 0.6 is 11.6 Å². The van der Waals surface area contributed by atoms with Crippen molar-refractivity contribution in [2.24, 2.45) is 0 Å². The number of halogens is 1. The van der Waals surface area contributed by atoms with Crippen LogP contribution in [-0.2, 0) is 4.79 Å². The third-order valence-corrected chi connectivity index (χ3v) is 3.36. The fourth-order valence-electron chi connectivity index (χ4n) is 1.94. The first-order valence-electron chi connectivity index (χ1n) is 6.77. The van der Waals surface area contributed by atoms with Crippen molar-refractivity contribution in [3.8, 4) is 0 Å². The quantitative estimate of drug-likeness (QED) is 0.757. The number of H-pyrrole nitrogens is 1. The van der Waals surface area contributed by atoms with E-state index in [-0.39, 0.29) is 11.8 Å². The smallest absolute Gasteiger partial charge is 0.257 e. The number of carbonyl (C=O) groups is 2. The molecule has 1 aromatic heterocycles. The van der Waals surface area contributed by atoms with Gasteiger partial charge in [0.25, 0.3) is 5.91 Å². The summed E-state index contributed by atoms with van der Waals surface area (Å²) in [6.07, 6.45) is 0. The lowest BCUT2D eigenvalue weighted by molar-refractivity contribution is -0.115. The van der Waals surface area contributed by atoms with Crippen molar-refractivity contribution in [1.82, 2.24) is 10.2 Å². The zero-order valence-corrected chi connectivity index (χ0v) is 13.3. The molecule has 0 aliphatic heterocycles. The Morgan fingerprint density at radius 1 is 1.23 bits per heavy atom. The molecule has 0 unspecified atom stereocenters. The van der Waals surface area contributed by atoms with Gasteiger partial charge >= 0.3 is 0 Å². The fraction of sp³-hybridized carbons (Fsp3) is 0.267. The second kappa shape index (κ2) is 6.62. The van der Waals surface area contributed by atoms with Gasteiger partial charge in [0.1, 0.15) is 5.38 Å². The third kappa shape index (κ3) is 3.46. The molecule has 6 nitrogen and oxygen atoms in total. The lowest BCUT2D eigenvalue weighted by Crippen LogP contribution is -2.23. The van der Waals surface area contributed by atoms with Gasteiger partial charge in [-0.25, -0.2) is 0 Å². The molecular formula is C15H17ClN4O2. The molecule has 0 saturated carbocycles. The molecule has 0 bridgehead atoms. The molecule has 0 radical (unpaired) electrons. The van der Waals surface area contributed by atoms with Gasteiger partial charge in [0, 0.05) is 0 Å². The first kappa shape index (κ1) is 16.0. The summed E-state index contributed by atoms with van der Waals surface area (Å²) >= 11 is 5.74. The number of hydrogen-bond acceptors (Lipinski definition) is 3. The van der Waals surface area contributed by atoms with Gasteiger partial charge in [-0.15, -0.1) is 11.6 Å². The van der Waals surface area contributed by atoms with Gasteiger partial charge in [-0.3, -0.25) is 14.7 Å². The minimum Gasteiger partial charge on any atom is -0.324 e. The van der Waals surface area contributed by atoms with Crippen LogP contribution < -0.4 is 10.6 Å². The highest BCUT2D eigenvalue weighted by Crippen LogP contribution is 2.21. The Kier molecular flexibility index (Phi) is 4.82. The Hall–Kier alpha value is -2.34. The molecule has 0 aliphatic rings. The molecule has 1 heterocycles. The van der Waals surface area contributed by atoms with Crippen molar-refractivity contribution in [1.29, 1.82) is 0 Å². The van der Waals surface area contributed by atoms with E-state index in [1.54, 1.807) is 38.1 Å². The molecule has 2 aromatic rings. The summed E-state index contributed by atoms with van der Waals surface area (Å²) in [6.45, 7) is 5.18. The van der Waals surface area contributed by atoms with Gasteiger partial charge < -0.3 is 10.6 Å². The molecule has 1 aromatic carbocycles. The molecule has 2 rings (SSSR count). The van der Waals surface area contributed by atoms with Gasteiger partial charge in [-0.2, -0.15) is 5.10 Å². The molecule has 0 fully saturated rings. The zero-order valence-electron chi connectivity index (χ0n) is 12.5. The van der Waals surface area contributed by atoms with Gasteiger partial charge in [0.2, 0.25) is 5.91 Å². The zero-order chi connectivity index (χ0) is 16.3. The summed E-state index contributed by atoms with van der Waals surface area (Å²) in [5.74, 6) is -0.691. The first-order valence-corrected chi connectivity index (χ1v) is 7.20. The molecule has 1 atom stereocenters. The standard InChI is InChI=1S/C15H17ClN4O2/c1-8(16)14(21)17-12-7-5-4-6-11(12)15(22)18-13-9(2)19-20-10(13)3/h4-8H,1-3H3,(H,17,21)(H,18,22)(H,19,20)/t8-/m1/s1. The first-order chi connectivity index (χ1) is 10.4. The number of nitrogens with zero attached hydrogens (tertiary/aromatic N) is 1. The Bertz CT molecular complexity index is 690. The number of aromatic amines is 1. The largest absolute Gasteiger partial charge is 0.324 e. The second-order valence-electron chi connectivity index (χ2n) is 4.91. The van der Waals surface area contributed by atoms with Crippen LogP contribution in [0.2, 0.25) is 0 Å².